The molecule has 0 aromatic carbocycles. The number of halogens is 1. The van der Waals surface area contributed by atoms with E-state index in [-0.39, 0.29) is 18.2 Å². The lowest BCUT2D eigenvalue weighted by molar-refractivity contribution is -0.390. The van der Waals surface area contributed by atoms with Gasteiger partial charge in [-0.05, 0) is 22.0 Å². The zero-order valence-corrected chi connectivity index (χ0v) is 9.48. The quantitative estimate of drug-likeness (QED) is 0.344. The Hall–Kier alpha value is -1.62. The molecule has 0 N–H and O–H groups in total. The summed E-state index contributed by atoms with van der Waals surface area (Å²) in [5.74, 6) is 0.284. The van der Waals surface area contributed by atoms with Crippen LogP contribution < -0.4 is 4.74 Å². The minimum absolute atomic E-state index is 0.162. The second-order valence-electron chi connectivity index (χ2n) is 2.97. The molecule has 0 fully saturated rings. The van der Waals surface area contributed by atoms with Gasteiger partial charge < -0.3 is 14.9 Å². The molecule has 1 rings (SSSR count). The topological polar surface area (TPSA) is 65.3 Å². The van der Waals surface area contributed by atoms with Gasteiger partial charge >= 0.3 is 5.82 Å². The van der Waals surface area contributed by atoms with Gasteiger partial charge in [-0.25, -0.2) is 0 Å². The maximum atomic E-state index is 10.7. The van der Waals surface area contributed by atoms with E-state index in [1.165, 1.54) is 6.07 Å². The minimum atomic E-state index is -0.562. The summed E-state index contributed by atoms with van der Waals surface area (Å²) >= 11 is 5.42. The Morgan fingerprint density at radius 3 is 2.94 bits per heavy atom. The van der Waals surface area contributed by atoms with Crippen LogP contribution in [-0.2, 0) is 0 Å². The van der Waals surface area contributed by atoms with Crippen molar-refractivity contribution >= 4 is 17.4 Å². The zero-order valence-electron chi connectivity index (χ0n) is 8.72. The number of allylic oxidation sites excluding steroid dienone is 1. The second kappa shape index (κ2) is 6.07. The summed E-state index contributed by atoms with van der Waals surface area (Å²) in [6, 6.07) is 3.20. The molecule has 1 aromatic heterocycles. The molecule has 5 nitrogen and oxygen atoms in total. The van der Waals surface area contributed by atoms with Crippen molar-refractivity contribution in [1.82, 2.24) is 4.98 Å². The fourth-order valence-electron chi connectivity index (χ4n) is 1.04. The van der Waals surface area contributed by atoms with Crippen LogP contribution in [0.2, 0.25) is 0 Å². The first-order chi connectivity index (χ1) is 7.65. The molecule has 0 saturated carbocycles. The highest BCUT2D eigenvalue weighted by atomic mass is 35.5. The van der Waals surface area contributed by atoms with E-state index < -0.39 is 4.92 Å². The highest BCUT2D eigenvalue weighted by molar-refractivity contribution is 6.18. The molecular formula is C10H11ClN2O3. The number of nitro groups is 1. The molecule has 0 radical (unpaired) electrons. The number of pyridine rings is 1. The Morgan fingerprint density at radius 1 is 1.56 bits per heavy atom. The average Bonchev–Trinajstić information content (AvgIpc) is 2.26. The second-order valence-corrected chi connectivity index (χ2v) is 3.28. The minimum Gasteiger partial charge on any atom is -0.481 e. The first-order valence-corrected chi connectivity index (χ1v) is 5.14. The molecule has 1 aromatic rings. The summed E-state index contributed by atoms with van der Waals surface area (Å²) in [6.45, 7) is 1.92. The van der Waals surface area contributed by atoms with Crippen molar-refractivity contribution in [2.24, 2.45) is 0 Å². The van der Waals surface area contributed by atoms with E-state index in [9.17, 15) is 10.1 Å². The van der Waals surface area contributed by atoms with Gasteiger partial charge in [-0.15, -0.1) is 11.6 Å². The highest BCUT2D eigenvalue weighted by Crippen LogP contribution is 2.24. The number of nitrogens with zero attached hydrogens (tertiary/aromatic N) is 2. The largest absolute Gasteiger partial charge is 0.481 e. The lowest BCUT2D eigenvalue weighted by Gasteiger charge is -2.03. The number of rotatable bonds is 5. The molecule has 0 aliphatic heterocycles. The Kier molecular flexibility index (Phi) is 4.72. The molecule has 86 valence electrons. The molecule has 16 heavy (non-hydrogen) atoms. The summed E-state index contributed by atoms with van der Waals surface area (Å²) in [4.78, 5) is 13.9. The van der Waals surface area contributed by atoms with Gasteiger partial charge in [-0.2, -0.15) is 0 Å². The summed E-state index contributed by atoms with van der Waals surface area (Å²) in [6.07, 6.45) is 3.39. The molecule has 0 atom stereocenters. The number of alkyl halides is 1. The maximum absolute atomic E-state index is 10.7. The van der Waals surface area contributed by atoms with Gasteiger partial charge in [0, 0.05) is 12.8 Å². The molecule has 0 unspecified atom stereocenters. The summed E-state index contributed by atoms with van der Waals surface area (Å²) in [5.41, 5.74) is 0.579. The van der Waals surface area contributed by atoms with Gasteiger partial charge in [-0.3, -0.25) is 0 Å². The van der Waals surface area contributed by atoms with Crippen molar-refractivity contribution in [2.45, 2.75) is 6.92 Å². The van der Waals surface area contributed by atoms with Crippen molar-refractivity contribution in [3.05, 3.63) is 40.1 Å². The van der Waals surface area contributed by atoms with E-state index >= 15 is 0 Å². The van der Waals surface area contributed by atoms with E-state index in [2.05, 4.69) is 4.98 Å². The summed E-state index contributed by atoms with van der Waals surface area (Å²) < 4.78 is 5.21. The van der Waals surface area contributed by atoms with Crippen LogP contribution in [0, 0.1) is 17.0 Å². The molecule has 0 bridgehead atoms. The van der Waals surface area contributed by atoms with Crippen LogP contribution in [0.5, 0.6) is 5.75 Å². The molecule has 0 aliphatic carbocycles. The standard InChI is InChI=1S/C10H11ClN2O3/c1-8-4-5-9(10(12-8)13(14)15)16-7-3-2-6-11/h2-5H,6-7H2,1H3. The van der Waals surface area contributed by atoms with E-state index in [4.69, 9.17) is 16.3 Å². The monoisotopic (exact) mass is 242 g/mol. The fraction of sp³-hybridized carbons (Fsp3) is 0.300. The number of ether oxygens (including phenoxy) is 1. The van der Waals surface area contributed by atoms with Crippen LogP contribution >= 0.6 is 11.6 Å². The third kappa shape index (κ3) is 3.51. The van der Waals surface area contributed by atoms with Gasteiger partial charge in [-0.1, -0.05) is 12.2 Å². The Bertz CT molecular complexity index is 407. The molecule has 6 heteroatoms. The van der Waals surface area contributed by atoms with Crippen molar-refractivity contribution < 1.29 is 9.66 Å². The van der Waals surface area contributed by atoms with Crippen LogP contribution in [-0.4, -0.2) is 22.4 Å². The van der Waals surface area contributed by atoms with Crippen LogP contribution in [0.1, 0.15) is 5.69 Å². The Morgan fingerprint density at radius 2 is 2.31 bits per heavy atom. The van der Waals surface area contributed by atoms with Gasteiger partial charge in [0.25, 0.3) is 0 Å². The lowest BCUT2D eigenvalue weighted by atomic mass is 10.3. The first-order valence-electron chi connectivity index (χ1n) is 4.61. The molecule has 1 heterocycles. The van der Waals surface area contributed by atoms with Crippen LogP contribution in [0.15, 0.2) is 24.3 Å². The first kappa shape index (κ1) is 12.4. The smallest absolute Gasteiger partial charge is 0.406 e. The van der Waals surface area contributed by atoms with Crippen LogP contribution in [0.25, 0.3) is 0 Å². The normalized spacial score (nSPS) is 10.6. The number of aryl methyl sites for hydroxylation is 1. The zero-order chi connectivity index (χ0) is 12.0. The van der Waals surface area contributed by atoms with E-state index in [1.807, 2.05) is 0 Å². The Labute approximate surface area is 97.9 Å². The predicted molar refractivity (Wildman–Crippen MR) is 61.0 cm³/mol. The van der Waals surface area contributed by atoms with Gasteiger partial charge in [0.15, 0.2) is 0 Å². The van der Waals surface area contributed by atoms with Crippen molar-refractivity contribution in [3.8, 4) is 5.75 Å². The molecule has 0 saturated heterocycles. The molecular weight excluding hydrogens is 232 g/mol. The van der Waals surface area contributed by atoms with Crippen LogP contribution in [0.3, 0.4) is 0 Å². The van der Waals surface area contributed by atoms with Gasteiger partial charge in [0.1, 0.15) is 12.3 Å². The van der Waals surface area contributed by atoms with E-state index in [0.717, 1.165) is 0 Å². The number of hydrogen-bond acceptors (Lipinski definition) is 4. The fourth-order valence-corrected chi connectivity index (χ4v) is 1.17. The van der Waals surface area contributed by atoms with Gasteiger partial charge in [0.2, 0.25) is 5.75 Å². The molecule has 0 aliphatic rings. The van der Waals surface area contributed by atoms with Crippen LogP contribution in [0.4, 0.5) is 5.82 Å². The van der Waals surface area contributed by atoms with Crippen molar-refractivity contribution in [3.63, 3.8) is 0 Å². The molecule has 0 amide bonds. The van der Waals surface area contributed by atoms with E-state index in [0.29, 0.717) is 11.6 Å². The SMILES string of the molecule is Cc1ccc(OCC=CCCl)c([N+](=O)[O-])n1. The third-order valence-corrected chi connectivity index (χ3v) is 1.92. The van der Waals surface area contributed by atoms with Gasteiger partial charge in [0.05, 0.1) is 0 Å². The predicted octanol–water partition coefficient (Wildman–Crippen LogP) is 2.47. The summed E-state index contributed by atoms with van der Waals surface area (Å²) in [5, 5.41) is 10.7. The maximum Gasteiger partial charge on any atom is 0.406 e. The Balaban J connectivity index is 2.78. The molecule has 0 spiro atoms. The number of aromatic nitrogens is 1. The van der Waals surface area contributed by atoms with Crippen molar-refractivity contribution in [2.75, 3.05) is 12.5 Å². The van der Waals surface area contributed by atoms with Crippen molar-refractivity contribution in [1.29, 1.82) is 0 Å². The number of hydrogen-bond donors (Lipinski definition) is 0. The third-order valence-electron chi connectivity index (χ3n) is 1.74. The lowest BCUT2D eigenvalue weighted by Crippen LogP contribution is -2.01. The summed E-state index contributed by atoms with van der Waals surface area (Å²) in [7, 11) is 0. The van der Waals surface area contributed by atoms with E-state index in [1.54, 1.807) is 25.1 Å². The highest BCUT2D eigenvalue weighted by Gasteiger charge is 2.16. The average molecular weight is 243 g/mol.